The van der Waals surface area contributed by atoms with Gasteiger partial charge < -0.3 is 29.6 Å². The van der Waals surface area contributed by atoms with Crippen molar-refractivity contribution in [3.05, 3.63) is 47.5 Å². The SMILES string of the molecule is CCCCOc1cc(OC)ccc1C(=O)NCCCCCCNC(=O)c1ccc(OC)cc1OCCCC. The summed E-state index contributed by atoms with van der Waals surface area (Å²) in [6.07, 6.45) is 7.50. The number of nitrogens with one attached hydrogen (secondary N) is 2. The molecule has 0 spiro atoms. The summed E-state index contributed by atoms with van der Waals surface area (Å²) in [4.78, 5) is 25.4. The molecule has 0 heterocycles. The lowest BCUT2D eigenvalue weighted by molar-refractivity contribution is 0.0938. The number of ether oxygens (including phenoxy) is 4. The average Bonchev–Trinajstić information content (AvgIpc) is 2.94. The Bertz CT molecular complexity index is 915. The van der Waals surface area contributed by atoms with Gasteiger partial charge in [-0.25, -0.2) is 0 Å². The molecule has 0 saturated heterocycles. The van der Waals surface area contributed by atoms with Gasteiger partial charge >= 0.3 is 0 Å². The number of rotatable bonds is 19. The Kier molecular flexibility index (Phi) is 14.5. The Balaban J connectivity index is 1.71. The Morgan fingerprint density at radius 3 is 1.42 bits per heavy atom. The number of amides is 2. The van der Waals surface area contributed by atoms with Crippen molar-refractivity contribution in [2.45, 2.75) is 65.2 Å². The van der Waals surface area contributed by atoms with Crippen LogP contribution in [0.3, 0.4) is 0 Å². The van der Waals surface area contributed by atoms with Gasteiger partial charge in [0.05, 0.1) is 38.6 Å². The first-order valence-corrected chi connectivity index (χ1v) is 13.7. The fraction of sp³-hybridized carbons (Fsp3) is 0.533. The first-order valence-electron chi connectivity index (χ1n) is 13.7. The number of carbonyl (C=O) groups excluding carboxylic acids is 2. The van der Waals surface area contributed by atoms with Crippen molar-refractivity contribution in [3.8, 4) is 23.0 Å². The van der Waals surface area contributed by atoms with Crippen LogP contribution in [0.15, 0.2) is 36.4 Å². The highest BCUT2D eigenvalue weighted by atomic mass is 16.5. The van der Waals surface area contributed by atoms with E-state index in [-0.39, 0.29) is 11.8 Å². The summed E-state index contributed by atoms with van der Waals surface area (Å²) in [5, 5.41) is 5.96. The van der Waals surface area contributed by atoms with Gasteiger partial charge in [-0.3, -0.25) is 9.59 Å². The molecule has 2 aromatic carbocycles. The van der Waals surface area contributed by atoms with E-state index in [1.165, 1.54) is 0 Å². The second kappa shape index (κ2) is 17.9. The fourth-order valence-electron chi connectivity index (χ4n) is 3.72. The quantitative estimate of drug-likeness (QED) is 0.224. The zero-order valence-corrected chi connectivity index (χ0v) is 23.4. The number of benzene rings is 2. The molecular weight excluding hydrogens is 484 g/mol. The smallest absolute Gasteiger partial charge is 0.255 e. The molecule has 210 valence electrons. The molecule has 38 heavy (non-hydrogen) atoms. The summed E-state index contributed by atoms with van der Waals surface area (Å²) in [5.41, 5.74) is 1.03. The van der Waals surface area contributed by atoms with E-state index in [9.17, 15) is 9.59 Å². The number of carbonyl (C=O) groups is 2. The van der Waals surface area contributed by atoms with Crippen LogP contribution in [0.2, 0.25) is 0 Å². The molecule has 8 heteroatoms. The second-order valence-electron chi connectivity index (χ2n) is 9.05. The number of methoxy groups -OCH3 is 2. The van der Waals surface area contributed by atoms with E-state index in [2.05, 4.69) is 24.5 Å². The van der Waals surface area contributed by atoms with Crippen LogP contribution in [0.5, 0.6) is 23.0 Å². The third-order valence-electron chi connectivity index (χ3n) is 6.05. The van der Waals surface area contributed by atoms with E-state index in [1.807, 2.05) is 0 Å². The summed E-state index contributed by atoms with van der Waals surface area (Å²) in [7, 11) is 3.19. The van der Waals surface area contributed by atoms with Crippen LogP contribution in [-0.2, 0) is 0 Å². The second-order valence-corrected chi connectivity index (χ2v) is 9.05. The Hall–Kier alpha value is -3.42. The van der Waals surface area contributed by atoms with Crippen LogP contribution >= 0.6 is 0 Å². The third kappa shape index (κ3) is 10.5. The van der Waals surface area contributed by atoms with Gasteiger partial charge in [0.15, 0.2) is 0 Å². The molecule has 8 nitrogen and oxygen atoms in total. The summed E-state index contributed by atoms with van der Waals surface area (Å²) >= 11 is 0. The van der Waals surface area contributed by atoms with Crippen molar-refractivity contribution in [1.82, 2.24) is 10.6 Å². The lowest BCUT2D eigenvalue weighted by Gasteiger charge is -2.13. The fourth-order valence-corrected chi connectivity index (χ4v) is 3.72. The van der Waals surface area contributed by atoms with Gasteiger partial charge in [0.1, 0.15) is 23.0 Å². The van der Waals surface area contributed by atoms with E-state index >= 15 is 0 Å². The van der Waals surface area contributed by atoms with Gasteiger partial charge in [-0.05, 0) is 49.9 Å². The van der Waals surface area contributed by atoms with E-state index < -0.39 is 0 Å². The predicted octanol–water partition coefficient (Wildman–Crippen LogP) is 5.78. The molecule has 0 atom stereocenters. The van der Waals surface area contributed by atoms with Crippen molar-refractivity contribution >= 4 is 11.8 Å². The number of unbranched alkanes of at least 4 members (excludes halogenated alkanes) is 5. The molecule has 0 aliphatic heterocycles. The minimum atomic E-state index is -0.150. The molecule has 0 saturated carbocycles. The van der Waals surface area contributed by atoms with E-state index in [1.54, 1.807) is 50.6 Å². The van der Waals surface area contributed by atoms with Crippen molar-refractivity contribution in [2.24, 2.45) is 0 Å². The van der Waals surface area contributed by atoms with Crippen molar-refractivity contribution in [1.29, 1.82) is 0 Å². The molecule has 0 radical (unpaired) electrons. The lowest BCUT2D eigenvalue weighted by atomic mass is 10.1. The van der Waals surface area contributed by atoms with Crippen molar-refractivity contribution in [3.63, 3.8) is 0 Å². The van der Waals surface area contributed by atoms with E-state index in [0.717, 1.165) is 51.4 Å². The summed E-state index contributed by atoms with van der Waals surface area (Å²) < 4.78 is 22.2. The highest BCUT2D eigenvalue weighted by Crippen LogP contribution is 2.26. The molecule has 2 rings (SSSR count). The van der Waals surface area contributed by atoms with E-state index in [4.69, 9.17) is 18.9 Å². The maximum atomic E-state index is 12.7. The molecule has 0 aliphatic carbocycles. The van der Waals surface area contributed by atoms with Gasteiger partial charge in [0.2, 0.25) is 0 Å². The first-order chi connectivity index (χ1) is 18.5. The minimum absolute atomic E-state index is 0.150. The average molecular weight is 529 g/mol. The zero-order chi connectivity index (χ0) is 27.6. The van der Waals surface area contributed by atoms with Gasteiger partial charge in [-0.1, -0.05) is 39.5 Å². The third-order valence-corrected chi connectivity index (χ3v) is 6.05. The number of hydrogen-bond acceptors (Lipinski definition) is 6. The van der Waals surface area contributed by atoms with Gasteiger partial charge in [0, 0.05) is 25.2 Å². The van der Waals surface area contributed by atoms with Crippen LogP contribution in [0.4, 0.5) is 0 Å². The summed E-state index contributed by atoms with van der Waals surface area (Å²) in [6.45, 7) is 6.47. The largest absolute Gasteiger partial charge is 0.497 e. The number of hydrogen-bond donors (Lipinski definition) is 2. The molecule has 0 unspecified atom stereocenters. The Morgan fingerprint density at radius 2 is 1.05 bits per heavy atom. The molecule has 2 N–H and O–H groups in total. The monoisotopic (exact) mass is 528 g/mol. The molecule has 2 aromatic rings. The van der Waals surface area contributed by atoms with Gasteiger partial charge in [0.25, 0.3) is 11.8 Å². The normalized spacial score (nSPS) is 10.5. The standard InChI is InChI=1S/C30H44N2O6/c1-5-7-19-37-27-21-23(35-3)13-15-25(27)29(33)31-17-11-9-10-12-18-32-30(34)26-16-14-24(36-4)22-28(26)38-20-8-6-2/h13-16,21-22H,5-12,17-20H2,1-4H3,(H,31,33)(H,32,34). The van der Waals surface area contributed by atoms with Crippen LogP contribution in [0.25, 0.3) is 0 Å². The van der Waals surface area contributed by atoms with Crippen LogP contribution < -0.4 is 29.6 Å². The Labute approximate surface area is 227 Å². The van der Waals surface area contributed by atoms with Crippen molar-refractivity contribution in [2.75, 3.05) is 40.5 Å². The zero-order valence-electron chi connectivity index (χ0n) is 23.4. The lowest BCUT2D eigenvalue weighted by Crippen LogP contribution is -2.26. The Morgan fingerprint density at radius 1 is 0.632 bits per heavy atom. The summed E-state index contributed by atoms with van der Waals surface area (Å²) in [6, 6.07) is 10.5. The molecule has 0 bridgehead atoms. The first kappa shape index (κ1) is 30.8. The van der Waals surface area contributed by atoms with E-state index in [0.29, 0.717) is 60.4 Å². The van der Waals surface area contributed by atoms with Crippen LogP contribution in [0, 0.1) is 0 Å². The maximum Gasteiger partial charge on any atom is 0.255 e. The molecular formula is C30H44N2O6. The van der Waals surface area contributed by atoms with Gasteiger partial charge in [-0.15, -0.1) is 0 Å². The maximum absolute atomic E-state index is 12.7. The summed E-state index contributed by atoms with van der Waals surface area (Å²) in [5.74, 6) is 2.11. The van der Waals surface area contributed by atoms with Crippen LogP contribution in [-0.4, -0.2) is 52.3 Å². The molecule has 0 fully saturated rings. The molecule has 0 aliphatic rings. The minimum Gasteiger partial charge on any atom is -0.497 e. The van der Waals surface area contributed by atoms with Gasteiger partial charge in [-0.2, -0.15) is 0 Å². The highest BCUT2D eigenvalue weighted by molar-refractivity contribution is 5.97. The van der Waals surface area contributed by atoms with Crippen molar-refractivity contribution < 1.29 is 28.5 Å². The topological polar surface area (TPSA) is 95.1 Å². The van der Waals surface area contributed by atoms with Crippen LogP contribution in [0.1, 0.15) is 85.9 Å². The highest BCUT2D eigenvalue weighted by Gasteiger charge is 2.15. The molecule has 0 aromatic heterocycles. The molecule has 2 amide bonds. The predicted molar refractivity (Wildman–Crippen MR) is 150 cm³/mol.